The van der Waals surface area contributed by atoms with Gasteiger partial charge in [-0.3, -0.25) is 4.79 Å². The molecular weight excluding hydrogens is 292 g/mol. The molecule has 2 N–H and O–H groups in total. The van der Waals surface area contributed by atoms with Crippen LogP contribution >= 0.6 is 11.3 Å². The Bertz CT molecular complexity index is 584. The topological polar surface area (TPSA) is 41.1 Å². The van der Waals surface area contributed by atoms with Crippen LogP contribution in [0.5, 0.6) is 0 Å². The zero-order valence-corrected chi connectivity index (χ0v) is 13.5. The van der Waals surface area contributed by atoms with Crippen LogP contribution in [0.1, 0.15) is 48.2 Å². The van der Waals surface area contributed by atoms with E-state index in [1.165, 1.54) is 49.9 Å². The van der Waals surface area contributed by atoms with E-state index in [1.807, 2.05) is 29.6 Å². The molecule has 116 valence electrons. The summed E-state index contributed by atoms with van der Waals surface area (Å²) in [6, 6.07) is 12.3. The third-order valence-corrected chi connectivity index (χ3v) is 4.98. The molecule has 1 saturated carbocycles. The van der Waals surface area contributed by atoms with Gasteiger partial charge in [-0.25, -0.2) is 0 Å². The number of thiophene rings is 1. The standard InChI is InChI=1S/C18H22N2OS/c21-18(17-8-5-13-22-17)20-16-11-9-15(10-12-16)19-14-6-3-1-2-4-7-14/h5,8-14,19H,1-4,6-7H2,(H,20,21). The quantitative estimate of drug-likeness (QED) is 0.768. The second-order valence-electron chi connectivity index (χ2n) is 5.84. The highest BCUT2D eigenvalue weighted by Gasteiger charge is 2.12. The molecule has 3 rings (SSSR count). The molecule has 1 fully saturated rings. The second kappa shape index (κ2) is 7.45. The van der Waals surface area contributed by atoms with Crippen molar-refractivity contribution in [2.75, 3.05) is 10.6 Å². The van der Waals surface area contributed by atoms with Gasteiger partial charge >= 0.3 is 0 Å². The lowest BCUT2D eigenvalue weighted by molar-refractivity contribution is 0.103. The highest BCUT2D eigenvalue weighted by Crippen LogP contribution is 2.22. The van der Waals surface area contributed by atoms with E-state index >= 15 is 0 Å². The van der Waals surface area contributed by atoms with Gasteiger partial charge in [-0.2, -0.15) is 0 Å². The minimum atomic E-state index is -0.0422. The van der Waals surface area contributed by atoms with Gasteiger partial charge in [-0.1, -0.05) is 31.7 Å². The van der Waals surface area contributed by atoms with Crippen LogP contribution in [0.15, 0.2) is 41.8 Å². The van der Waals surface area contributed by atoms with Gasteiger partial charge in [0.1, 0.15) is 0 Å². The smallest absolute Gasteiger partial charge is 0.265 e. The van der Waals surface area contributed by atoms with Crippen LogP contribution in [0.3, 0.4) is 0 Å². The van der Waals surface area contributed by atoms with E-state index in [0.29, 0.717) is 6.04 Å². The average Bonchev–Trinajstić information content (AvgIpc) is 2.95. The highest BCUT2D eigenvalue weighted by atomic mass is 32.1. The van der Waals surface area contributed by atoms with Gasteiger partial charge in [-0.15, -0.1) is 11.3 Å². The van der Waals surface area contributed by atoms with Crippen LogP contribution < -0.4 is 10.6 Å². The minimum absolute atomic E-state index is 0.0422. The first-order valence-electron chi connectivity index (χ1n) is 8.03. The van der Waals surface area contributed by atoms with E-state index < -0.39 is 0 Å². The Morgan fingerprint density at radius 3 is 2.27 bits per heavy atom. The van der Waals surface area contributed by atoms with Crippen molar-refractivity contribution < 1.29 is 4.79 Å². The molecule has 1 aromatic heterocycles. The van der Waals surface area contributed by atoms with Gasteiger partial charge in [0.05, 0.1) is 4.88 Å². The predicted molar refractivity (Wildman–Crippen MR) is 93.8 cm³/mol. The predicted octanol–water partition coefficient (Wildman–Crippen LogP) is 5.14. The van der Waals surface area contributed by atoms with Gasteiger partial charge in [0.15, 0.2) is 0 Å². The number of nitrogens with one attached hydrogen (secondary N) is 2. The molecule has 1 amide bonds. The van der Waals surface area contributed by atoms with Gasteiger partial charge in [0.2, 0.25) is 0 Å². The van der Waals surface area contributed by atoms with Gasteiger partial charge in [-0.05, 0) is 48.6 Å². The number of carbonyl (C=O) groups excluding carboxylic acids is 1. The zero-order valence-electron chi connectivity index (χ0n) is 12.7. The van der Waals surface area contributed by atoms with E-state index in [0.717, 1.165) is 16.3 Å². The molecule has 0 radical (unpaired) electrons. The molecule has 0 aliphatic heterocycles. The molecule has 0 bridgehead atoms. The van der Waals surface area contributed by atoms with Crippen molar-refractivity contribution in [1.29, 1.82) is 0 Å². The number of anilines is 2. The van der Waals surface area contributed by atoms with Crippen molar-refractivity contribution in [2.24, 2.45) is 0 Å². The molecular formula is C18H22N2OS. The number of hydrogen-bond donors (Lipinski definition) is 2. The highest BCUT2D eigenvalue weighted by molar-refractivity contribution is 7.12. The van der Waals surface area contributed by atoms with Gasteiger partial charge in [0.25, 0.3) is 5.91 Å². The lowest BCUT2D eigenvalue weighted by Gasteiger charge is -2.17. The number of benzene rings is 1. The maximum atomic E-state index is 12.0. The van der Waals surface area contributed by atoms with Crippen molar-refractivity contribution in [3.63, 3.8) is 0 Å². The van der Waals surface area contributed by atoms with E-state index in [1.54, 1.807) is 0 Å². The maximum absolute atomic E-state index is 12.0. The Labute approximate surface area is 135 Å². The molecule has 0 atom stereocenters. The Balaban J connectivity index is 1.56. The first kappa shape index (κ1) is 15.1. The monoisotopic (exact) mass is 314 g/mol. The number of carbonyl (C=O) groups is 1. The van der Waals surface area contributed by atoms with Crippen LogP contribution in [0, 0.1) is 0 Å². The van der Waals surface area contributed by atoms with Crippen molar-refractivity contribution in [3.8, 4) is 0 Å². The number of hydrogen-bond acceptors (Lipinski definition) is 3. The number of amides is 1. The fourth-order valence-electron chi connectivity index (χ4n) is 2.91. The molecule has 22 heavy (non-hydrogen) atoms. The summed E-state index contributed by atoms with van der Waals surface area (Å²) < 4.78 is 0. The Morgan fingerprint density at radius 2 is 1.64 bits per heavy atom. The molecule has 3 nitrogen and oxygen atoms in total. The third-order valence-electron chi connectivity index (χ3n) is 4.11. The Morgan fingerprint density at radius 1 is 0.955 bits per heavy atom. The van der Waals surface area contributed by atoms with Crippen LogP contribution in [-0.4, -0.2) is 11.9 Å². The molecule has 0 saturated heterocycles. The summed E-state index contributed by atoms with van der Waals surface area (Å²) in [5.41, 5.74) is 1.98. The molecule has 1 aliphatic carbocycles. The molecule has 1 heterocycles. The fourth-order valence-corrected chi connectivity index (χ4v) is 3.53. The SMILES string of the molecule is O=C(Nc1ccc(NC2CCCCCC2)cc1)c1cccs1. The summed E-state index contributed by atoms with van der Waals surface area (Å²) in [4.78, 5) is 12.7. The summed E-state index contributed by atoms with van der Waals surface area (Å²) in [5.74, 6) is -0.0422. The van der Waals surface area contributed by atoms with E-state index in [-0.39, 0.29) is 5.91 Å². The largest absolute Gasteiger partial charge is 0.382 e. The molecule has 1 aliphatic rings. The summed E-state index contributed by atoms with van der Waals surface area (Å²) >= 11 is 1.45. The first-order chi connectivity index (χ1) is 10.8. The third kappa shape index (κ3) is 4.10. The minimum Gasteiger partial charge on any atom is -0.382 e. The molecule has 2 aromatic rings. The lowest BCUT2D eigenvalue weighted by atomic mass is 10.1. The molecule has 0 unspecified atom stereocenters. The normalized spacial score (nSPS) is 16.0. The van der Waals surface area contributed by atoms with Crippen molar-refractivity contribution in [1.82, 2.24) is 0 Å². The van der Waals surface area contributed by atoms with Gasteiger partial charge in [0, 0.05) is 17.4 Å². The Kier molecular flexibility index (Phi) is 5.11. The summed E-state index contributed by atoms with van der Waals surface area (Å²) in [6.45, 7) is 0. The van der Waals surface area contributed by atoms with E-state index in [4.69, 9.17) is 0 Å². The fraction of sp³-hybridized carbons (Fsp3) is 0.389. The van der Waals surface area contributed by atoms with E-state index in [9.17, 15) is 4.79 Å². The average molecular weight is 314 g/mol. The summed E-state index contributed by atoms with van der Waals surface area (Å²) in [5, 5.41) is 8.46. The van der Waals surface area contributed by atoms with Crippen LogP contribution in [0.2, 0.25) is 0 Å². The zero-order chi connectivity index (χ0) is 15.2. The van der Waals surface area contributed by atoms with Crippen molar-refractivity contribution >= 4 is 28.6 Å². The first-order valence-corrected chi connectivity index (χ1v) is 8.91. The second-order valence-corrected chi connectivity index (χ2v) is 6.79. The molecule has 0 spiro atoms. The van der Waals surface area contributed by atoms with E-state index in [2.05, 4.69) is 22.8 Å². The lowest BCUT2D eigenvalue weighted by Crippen LogP contribution is -2.18. The summed E-state index contributed by atoms with van der Waals surface area (Å²) in [7, 11) is 0. The molecule has 4 heteroatoms. The van der Waals surface area contributed by atoms with Crippen LogP contribution in [0.25, 0.3) is 0 Å². The van der Waals surface area contributed by atoms with Crippen LogP contribution in [0.4, 0.5) is 11.4 Å². The van der Waals surface area contributed by atoms with Crippen molar-refractivity contribution in [2.45, 2.75) is 44.6 Å². The molecule has 1 aromatic carbocycles. The van der Waals surface area contributed by atoms with Crippen molar-refractivity contribution in [3.05, 3.63) is 46.7 Å². The Hall–Kier alpha value is -1.81. The van der Waals surface area contributed by atoms with Crippen LogP contribution in [-0.2, 0) is 0 Å². The summed E-state index contributed by atoms with van der Waals surface area (Å²) in [6.07, 6.45) is 7.91. The maximum Gasteiger partial charge on any atom is 0.265 e. The van der Waals surface area contributed by atoms with Gasteiger partial charge < -0.3 is 10.6 Å². The number of rotatable bonds is 4.